The minimum Gasteiger partial charge on any atom is -0.492 e. The van der Waals surface area contributed by atoms with Crippen molar-refractivity contribution in [1.82, 2.24) is 14.9 Å². The normalized spacial score (nSPS) is 11.0. The molecule has 0 saturated heterocycles. The Hall–Kier alpha value is -2.61. The number of nitrogens with one attached hydrogen (secondary N) is 1. The van der Waals surface area contributed by atoms with E-state index in [1.165, 1.54) is 4.57 Å². The monoisotopic (exact) mass is 377 g/mol. The van der Waals surface area contributed by atoms with Crippen molar-refractivity contribution >= 4 is 28.7 Å². The molecule has 0 fully saturated rings. The van der Waals surface area contributed by atoms with Crippen molar-refractivity contribution in [2.75, 3.05) is 13.2 Å². The maximum absolute atomic E-state index is 12.8. The molecule has 1 N–H and O–H groups in total. The molecule has 0 spiro atoms. The largest absolute Gasteiger partial charge is 0.492 e. The lowest BCUT2D eigenvalue weighted by molar-refractivity contribution is -0.121. The maximum Gasteiger partial charge on any atom is 0.291 e. The summed E-state index contributed by atoms with van der Waals surface area (Å²) >= 11 is 0.332. The molecule has 0 atom stereocenters. The number of benzene rings is 2. The predicted molar refractivity (Wildman–Crippen MR) is 96.5 cm³/mol. The fourth-order valence-electron chi connectivity index (χ4n) is 2.45. The molecule has 136 valence electrons. The van der Waals surface area contributed by atoms with Crippen LogP contribution in [0.15, 0.2) is 59.8 Å². The summed E-state index contributed by atoms with van der Waals surface area (Å²) in [6.45, 7) is 0.553. The molecule has 1 heterocycles. The van der Waals surface area contributed by atoms with Crippen LogP contribution >= 0.6 is 11.8 Å². The maximum atomic E-state index is 12.8. The molecular weight excluding hydrogens is 360 g/mol. The molecule has 0 aliphatic heterocycles. The number of halogens is 2. The first-order valence-corrected chi connectivity index (χ1v) is 8.86. The lowest BCUT2D eigenvalue weighted by atomic mass is 10.3. The second kappa shape index (κ2) is 8.66. The molecule has 5 nitrogen and oxygen atoms in total. The van der Waals surface area contributed by atoms with Crippen molar-refractivity contribution in [3.05, 3.63) is 54.6 Å². The molecule has 0 saturated carbocycles. The third-order valence-electron chi connectivity index (χ3n) is 3.55. The Morgan fingerprint density at radius 2 is 1.88 bits per heavy atom. The minimum atomic E-state index is -2.60. The van der Waals surface area contributed by atoms with Crippen LogP contribution in [0.4, 0.5) is 8.78 Å². The van der Waals surface area contributed by atoms with Gasteiger partial charge in [0.05, 0.1) is 17.6 Å². The molecule has 8 heteroatoms. The van der Waals surface area contributed by atoms with Crippen molar-refractivity contribution in [1.29, 1.82) is 0 Å². The zero-order valence-electron chi connectivity index (χ0n) is 13.8. The van der Waals surface area contributed by atoms with Gasteiger partial charge in [0.25, 0.3) is 5.76 Å². The summed E-state index contributed by atoms with van der Waals surface area (Å²) in [6.07, 6.45) is 0. The van der Waals surface area contributed by atoms with Gasteiger partial charge in [0.1, 0.15) is 18.9 Å². The van der Waals surface area contributed by atoms with Gasteiger partial charge in [-0.2, -0.15) is 8.78 Å². The highest BCUT2D eigenvalue weighted by Crippen LogP contribution is 2.28. The number of aromatic nitrogens is 2. The molecule has 3 rings (SSSR count). The van der Waals surface area contributed by atoms with Crippen LogP contribution in [0.2, 0.25) is 0 Å². The summed E-state index contributed by atoms with van der Waals surface area (Å²) in [5, 5.41) is 2.85. The molecule has 0 bridgehead atoms. The number of thioether (sulfide) groups is 1. The lowest BCUT2D eigenvalue weighted by Gasteiger charge is -2.10. The summed E-state index contributed by atoms with van der Waals surface area (Å²) in [7, 11) is 0. The van der Waals surface area contributed by atoms with Gasteiger partial charge in [0.15, 0.2) is 5.16 Å². The number of hydrogen-bond donors (Lipinski definition) is 1. The van der Waals surface area contributed by atoms with Crippen LogP contribution in [0.5, 0.6) is 5.75 Å². The van der Waals surface area contributed by atoms with Crippen LogP contribution in [0.1, 0.15) is 0 Å². The van der Waals surface area contributed by atoms with Crippen LogP contribution < -0.4 is 10.1 Å². The van der Waals surface area contributed by atoms with Gasteiger partial charge < -0.3 is 14.6 Å². The van der Waals surface area contributed by atoms with Crippen molar-refractivity contribution in [3.63, 3.8) is 0 Å². The van der Waals surface area contributed by atoms with E-state index in [-0.39, 0.29) is 17.6 Å². The number of imidazole rings is 1. The number of fused-ring (bicyclic) bond motifs is 1. The molecule has 3 aromatic rings. The fraction of sp³-hybridized carbons (Fsp3) is 0.222. The standard InChI is InChI=1S/C18H17F2N3O2S/c19-17(20)26-18-22-14-8-4-5-9-15(14)23(18)12-16(24)21-10-11-25-13-6-2-1-3-7-13/h1-9,17H,10-12H2,(H,21,24). The number of carbonyl (C=O) groups excluding carboxylic acids is 1. The summed E-state index contributed by atoms with van der Waals surface area (Å²) in [4.78, 5) is 16.4. The quantitative estimate of drug-likeness (QED) is 0.482. The first-order valence-electron chi connectivity index (χ1n) is 7.98. The molecule has 2 aromatic carbocycles. The second-order valence-corrected chi connectivity index (χ2v) is 6.32. The van der Waals surface area contributed by atoms with Crippen LogP contribution in [-0.4, -0.2) is 34.4 Å². The topological polar surface area (TPSA) is 56.2 Å². The molecule has 1 amide bonds. The summed E-state index contributed by atoms with van der Waals surface area (Å²) in [6, 6.07) is 16.3. The summed E-state index contributed by atoms with van der Waals surface area (Å²) < 4.78 is 32.5. The van der Waals surface area contributed by atoms with Gasteiger partial charge in [-0.15, -0.1) is 0 Å². The van der Waals surface area contributed by atoms with Crippen LogP contribution in [-0.2, 0) is 11.3 Å². The van der Waals surface area contributed by atoms with Crippen molar-refractivity contribution < 1.29 is 18.3 Å². The average molecular weight is 377 g/mol. The lowest BCUT2D eigenvalue weighted by Crippen LogP contribution is -2.31. The first kappa shape index (κ1) is 18.2. The Bertz CT molecular complexity index is 871. The third-order valence-corrected chi connectivity index (χ3v) is 4.25. The number of rotatable bonds is 8. The Morgan fingerprint density at radius 3 is 2.65 bits per heavy atom. The number of para-hydroxylation sites is 3. The molecule has 26 heavy (non-hydrogen) atoms. The number of amides is 1. The molecule has 1 aromatic heterocycles. The van der Waals surface area contributed by atoms with E-state index in [9.17, 15) is 13.6 Å². The van der Waals surface area contributed by atoms with Gasteiger partial charge in [0, 0.05) is 0 Å². The summed E-state index contributed by atoms with van der Waals surface area (Å²) in [5.41, 5.74) is 1.22. The number of nitrogens with zero attached hydrogens (tertiary/aromatic N) is 2. The van der Waals surface area contributed by atoms with Crippen LogP contribution in [0.25, 0.3) is 11.0 Å². The number of ether oxygens (including phenoxy) is 1. The smallest absolute Gasteiger partial charge is 0.291 e. The molecule has 0 unspecified atom stereocenters. The molecule has 0 aliphatic carbocycles. The van der Waals surface area contributed by atoms with Crippen molar-refractivity contribution in [2.45, 2.75) is 17.5 Å². The third kappa shape index (κ3) is 4.72. The summed E-state index contributed by atoms with van der Waals surface area (Å²) in [5.74, 6) is -2.17. The van der Waals surface area contributed by atoms with E-state index >= 15 is 0 Å². The Morgan fingerprint density at radius 1 is 1.15 bits per heavy atom. The van der Waals surface area contributed by atoms with Gasteiger partial charge in [0.2, 0.25) is 5.91 Å². The zero-order valence-corrected chi connectivity index (χ0v) is 14.6. The zero-order chi connectivity index (χ0) is 18.4. The van der Waals surface area contributed by atoms with E-state index in [1.54, 1.807) is 24.3 Å². The number of carbonyl (C=O) groups is 1. The van der Waals surface area contributed by atoms with E-state index in [2.05, 4.69) is 10.3 Å². The second-order valence-electron chi connectivity index (χ2n) is 5.36. The van der Waals surface area contributed by atoms with Gasteiger partial charge >= 0.3 is 0 Å². The van der Waals surface area contributed by atoms with Crippen molar-refractivity contribution in [3.8, 4) is 5.75 Å². The van der Waals surface area contributed by atoms with Crippen LogP contribution in [0, 0.1) is 0 Å². The van der Waals surface area contributed by atoms with Gasteiger partial charge in [-0.1, -0.05) is 30.3 Å². The average Bonchev–Trinajstić information content (AvgIpc) is 2.96. The van der Waals surface area contributed by atoms with E-state index in [1.807, 2.05) is 30.3 Å². The van der Waals surface area contributed by atoms with E-state index in [4.69, 9.17) is 4.74 Å². The highest BCUT2D eigenvalue weighted by molar-refractivity contribution is 7.99. The highest BCUT2D eigenvalue weighted by Gasteiger charge is 2.17. The molecule has 0 radical (unpaired) electrons. The van der Waals surface area contributed by atoms with Gasteiger partial charge in [-0.05, 0) is 36.0 Å². The molecule has 0 aliphatic rings. The molecular formula is C18H17F2N3O2S. The Kier molecular flexibility index (Phi) is 6.06. The van der Waals surface area contributed by atoms with E-state index in [0.29, 0.717) is 35.9 Å². The Balaban J connectivity index is 1.59. The Labute approximate surface area is 153 Å². The number of hydrogen-bond acceptors (Lipinski definition) is 4. The fourth-order valence-corrected chi connectivity index (χ4v) is 3.05. The van der Waals surface area contributed by atoms with E-state index < -0.39 is 5.76 Å². The number of alkyl halides is 2. The first-order chi connectivity index (χ1) is 12.6. The van der Waals surface area contributed by atoms with Gasteiger partial charge in [-0.3, -0.25) is 4.79 Å². The highest BCUT2D eigenvalue weighted by atomic mass is 32.2. The predicted octanol–water partition coefficient (Wildman–Crippen LogP) is 3.55. The SMILES string of the molecule is O=C(Cn1c(SC(F)F)nc2ccccc21)NCCOc1ccccc1. The minimum absolute atomic E-state index is 0.0824. The van der Waals surface area contributed by atoms with Crippen LogP contribution in [0.3, 0.4) is 0 Å². The van der Waals surface area contributed by atoms with E-state index in [0.717, 1.165) is 5.75 Å². The van der Waals surface area contributed by atoms with Crippen molar-refractivity contribution in [2.24, 2.45) is 0 Å². The van der Waals surface area contributed by atoms with Gasteiger partial charge in [-0.25, -0.2) is 4.98 Å².